The lowest BCUT2D eigenvalue weighted by molar-refractivity contribution is 0.0932. The first-order valence-electron chi connectivity index (χ1n) is 7.48. The second-order valence-electron chi connectivity index (χ2n) is 5.65. The van der Waals surface area contributed by atoms with E-state index in [0.29, 0.717) is 18.3 Å². The van der Waals surface area contributed by atoms with Crippen LogP contribution in [0.3, 0.4) is 0 Å². The second kappa shape index (κ2) is 6.85. The molecule has 19 heavy (non-hydrogen) atoms. The lowest BCUT2D eigenvalue weighted by Crippen LogP contribution is -2.34. The van der Waals surface area contributed by atoms with Crippen LogP contribution in [-0.2, 0) is 6.54 Å². The molecular weight excluding hydrogens is 238 g/mol. The molecule has 1 aliphatic rings. The fraction of sp³-hybridized carbons (Fsp3) is 0.733. The van der Waals surface area contributed by atoms with Crippen LogP contribution in [-0.4, -0.2) is 28.7 Å². The standard InChI is InChI=1S/C15H25N3O/c1-3-9-18-14(6-8-17-18)15(19)10-12(2)13-5-4-7-16-11-13/h6,8,12-13,16H,3-5,7,9-11H2,1-2H3. The third-order valence-electron chi connectivity index (χ3n) is 4.08. The van der Waals surface area contributed by atoms with Gasteiger partial charge in [0.25, 0.3) is 0 Å². The number of aryl methyl sites for hydroxylation is 1. The van der Waals surface area contributed by atoms with Crippen LogP contribution >= 0.6 is 0 Å². The van der Waals surface area contributed by atoms with E-state index in [0.717, 1.165) is 31.7 Å². The summed E-state index contributed by atoms with van der Waals surface area (Å²) in [6, 6.07) is 1.85. The Hall–Kier alpha value is -1.16. The summed E-state index contributed by atoms with van der Waals surface area (Å²) < 4.78 is 1.84. The van der Waals surface area contributed by atoms with Crippen LogP contribution in [0.4, 0.5) is 0 Å². The van der Waals surface area contributed by atoms with Crippen LogP contribution in [0, 0.1) is 11.8 Å². The molecule has 1 aromatic heterocycles. The molecule has 1 N–H and O–H groups in total. The van der Waals surface area contributed by atoms with E-state index >= 15 is 0 Å². The Bertz CT molecular complexity index is 407. The van der Waals surface area contributed by atoms with Crippen LogP contribution in [0.2, 0.25) is 0 Å². The zero-order valence-corrected chi connectivity index (χ0v) is 12.1. The molecule has 1 aromatic rings. The van der Waals surface area contributed by atoms with Gasteiger partial charge in [-0.3, -0.25) is 9.48 Å². The SMILES string of the molecule is CCCn1nccc1C(=O)CC(C)C1CCCNC1. The third kappa shape index (κ3) is 3.66. The van der Waals surface area contributed by atoms with E-state index < -0.39 is 0 Å². The second-order valence-corrected chi connectivity index (χ2v) is 5.65. The Kier molecular flexibility index (Phi) is 5.14. The fourth-order valence-corrected chi connectivity index (χ4v) is 2.89. The van der Waals surface area contributed by atoms with Gasteiger partial charge in [0.2, 0.25) is 0 Å². The van der Waals surface area contributed by atoms with Gasteiger partial charge in [0.05, 0.1) is 0 Å². The van der Waals surface area contributed by atoms with Gasteiger partial charge in [-0.05, 0) is 50.3 Å². The van der Waals surface area contributed by atoms with Crippen molar-refractivity contribution in [3.63, 3.8) is 0 Å². The van der Waals surface area contributed by atoms with Crippen molar-refractivity contribution < 1.29 is 4.79 Å². The number of ketones is 1. The summed E-state index contributed by atoms with van der Waals surface area (Å²) in [6.07, 6.45) is 5.86. The minimum absolute atomic E-state index is 0.240. The van der Waals surface area contributed by atoms with Crippen LogP contribution in [0.1, 0.15) is 50.0 Å². The van der Waals surface area contributed by atoms with Crippen LogP contribution in [0.25, 0.3) is 0 Å². The number of aromatic nitrogens is 2. The Labute approximate surface area is 115 Å². The van der Waals surface area contributed by atoms with Gasteiger partial charge in [0, 0.05) is 19.2 Å². The first-order chi connectivity index (χ1) is 9.22. The Morgan fingerprint density at radius 3 is 3.16 bits per heavy atom. The summed E-state index contributed by atoms with van der Waals surface area (Å²) >= 11 is 0. The minimum atomic E-state index is 0.240. The highest BCUT2D eigenvalue weighted by atomic mass is 16.1. The van der Waals surface area contributed by atoms with E-state index in [2.05, 4.69) is 24.3 Å². The van der Waals surface area contributed by atoms with E-state index in [9.17, 15) is 4.79 Å². The topological polar surface area (TPSA) is 46.9 Å². The normalized spacial score (nSPS) is 21.3. The van der Waals surface area contributed by atoms with Crippen molar-refractivity contribution in [2.45, 2.75) is 46.1 Å². The third-order valence-corrected chi connectivity index (χ3v) is 4.08. The Morgan fingerprint density at radius 2 is 2.47 bits per heavy atom. The molecule has 0 spiro atoms. The highest BCUT2D eigenvalue weighted by Gasteiger charge is 2.23. The first kappa shape index (κ1) is 14.3. The number of hydrogen-bond donors (Lipinski definition) is 1. The van der Waals surface area contributed by atoms with E-state index in [1.165, 1.54) is 12.8 Å². The Balaban J connectivity index is 1.93. The summed E-state index contributed by atoms with van der Waals surface area (Å²) in [5.74, 6) is 1.33. The van der Waals surface area contributed by atoms with Crippen LogP contribution < -0.4 is 5.32 Å². The summed E-state index contributed by atoms with van der Waals surface area (Å²) in [5.41, 5.74) is 0.775. The number of piperidine rings is 1. The fourth-order valence-electron chi connectivity index (χ4n) is 2.89. The molecule has 2 rings (SSSR count). The van der Waals surface area contributed by atoms with Gasteiger partial charge in [-0.2, -0.15) is 5.10 Å². The molecule has 0 aliphatic carbocycles. The average Bonchev–Trinajstić information content (AvgIpc) is 2.88. The maximum atomic E-state index is 12.4. The van der Waals surface area contributed by atoms with Gasteiger partial charge in [0.15, 0.2) is 5.78 Å². The molecule has 2 atom stereocenters. The molecule has 1 saturated heterocycles. The molecule has 0 bridgehead atoms. The number of nitrogens with one attached hydrogen (secondary N) is 1. The van der Waals surface area contributed by atoms with Gasteiger partial charge in [-0.1, -0.05) is 13.8 Å². The molecule has 4 heteroatoms. The van der Waals surface area contributed by atoms with Gasteiger partial charge < -0.3 is 5.32 Å². The highest BCUT2D eigenvalue weighted by molar-refractivity contribution is 5.94. The summed E-state index contributed by atoms with van der Waals surface area (Å²) in [5, 5.41) is 7.66. The zero-order valence-electron chi connectivity index (χ0n) is 12.1. The number of carbonyl (C=O) groups excluding carboxylic acids is 1. The molecule has 0 radical (unpaired) electrons. The summed E-state index contributed by atoms with van der Waals surface area (Å²) in [7, 11) is 0. The predicted octanol–water partition coefficient (Wildman–Crippen LogP) is 2.50. The van der Waals surface area contributed by atoms with Crippen LogP contribution in [0.15, 0.2) is 12.3 Å². The zero-order chi connectivity index (χ0) is 13.7. The Morgan fingerprint density at radius 1 is 1.63 bits per heavy atom. The van der Waals surface area contributed by atoms with Crippen molar-refractivity contribution in [1.29, 1.82) is 0 Å². The van der Waals surface area contributed by atoms with Crippen molar-refractivity contribution in [3.8, 4) is 0 Å². The molecule has 2 unspecified atom stereocenters. The monoisotopic (exact) mass is 263 g/mol. The molecule has 0 amide bonds. The van der Waals surface area contributed by atoms with E-state index in [4.69, 9.17) is 0 Å². The molecule has 106 valence electrons. The number of rotatable bonds is 6. The highest BCUT2D eigenvalue weighted by Crippen LogP contribution is 2.24. The van der Waals surface area contributed by atoms with Crippen molar-refractivity contribution >= 4 is 5.78 Å². The first-order valence-corrected chi connectivity index (χ1v) is 7.48. The van der Waals surface area contributed by atoms with Crippen molar-refractivity contribution in [1.82, 2.24) is 15.1 Å². The predicted molar refractivity (Wildman–Crippen MR) is 76.2 cm³/mol. The van der Waals surface area contributed by atoms with E-state index in [-0.39, 0.29) is 5.78 Å². The van der Waals surface area contributed by atoms with Gasteiger partial charge in [-0.15, -0.1) is 0 Å². The number of hydrogen-bond acceptors (Lipinski definition) is 3. The maximum Gasteiger partial charge on any atom is 0.181 e. The molecule has 0 aromatic carbocycles. The largest absolute Gasteiger partial charge is 0.316 e. The number of Topliss-reactive ketones (excluding diaryl/α,β-unsaturated/α-hetero) is 1. The molecular formula is C15H25N3O. The number of carbonyl (C=O) groups is 1. The summed E-state index contributed by atoms with van der Waals surface area (Å²) in [6.45, 7) is 7.32. The molecule has 1 aliphatic heterocycles. The van der Waals surface area contributed by atoms with Crippen molar-refractivity contribution in [2.75, 3.05) is 13.1 Å². The molecule has 0 saturated carbocycles. The van der Waals surface area contributed by atoms with Gasteiger partial charge >= 0.3 is 0 Å². The van der Waals surface area contributed by atoms with E-state index in [1.54, 1.807) is 6.20 Å². The molecule has 1 fully saturated rings. The average molecular weight is 263 g/mol. The lowest BCUT2D eigenvalue weighted by atomic mass is 9.84. The summed E-state index contributed by atoms with van der Waals surface area (Å²) in [4.78, 5) is 12.4. The molecule has 2 heterocycles. The van der Waals surface area contributed by atoms with E-state index in [1.807, 2.05) is 10.7 Å². The van der Waals surface area contributed by atoms with Gasteiger partial charge in [0.1, 0.15) is 5.69 Å². The quantitative estimate of drug-likeness (QED) is 0.802. The smallest absolute Gasteiger partial charge is 0.181 e. The van der Waals surface area contributed by atoms with Gasteiger partial charge in [-0.25, -0.2) is 0 Å². The lowest BCUT2D eigenvalue weighted by Gasteiger charge is -2.28. The molecule has 4 nitrogen and oxygen atoms in total. The van der Waals surface area contributed by atoms with Crippen LogP contribution in [0.5, 0.6) is 0 Å². The van der Waals surface area contributed by atoms with Crippen molar-refractivity contribution in [2.24, 2.45) is 11.8 Å². The van der Waals surface area contributed by atoms with Crippen molar-refractivity contribution in [3.05, 3.63) is 18.0 Å². The minimum Gasteiger partial charge on any atom is -0.316 e. The number of nitrogens with zero attached hydrogens (tertiary/aromatic N) is 2. The maximum absolute atomic E-state index is 12.4.